The molecule has 1 saturated heterocycles. The van der Waals surface area contributed by atoms with E-state index in [-0.39, 0.29) is 23.8 Å². The van der Waals surface area contributed by atoms with Crippen LogP contribution in [0.1, 0.15) is 59.3 Å². The molecule has 2 saturated carbocycles. The summed E-state index contributed by atoms with van der Waals surface area (Å²) in [4.78, 5) is 35.2. The Morgan fingerprint density at radius 2 is 1.97 bits per heavy atom. The third kappa shape index (κ3) is 3.86. The Hall–Kier alpha value is -2.89. The zero-order valence-electron chi connectivity index (χ0n) is 22.2. The van der Waals surface area contributed by atoms with Crippen molar-refractivity contribution in [3.05, 3.63) is 58.4 Å². The molecule has 4 aliphatic carbocycles. The Kier molecular flexibility index (Phi) is 5.22. The van der Waals surface area contributed by atoms with Gasteiger partial charge in [0, 0.05) is 37.4 Å². The number of carbonyl (C=O) groups excluding carboxylic acids is 2. The Balaban J connectivity index is 1.08. The number of aliphatic imine (C=N–C) groups is 1. The highest BCUT2D eigenvalue weighted by Crippen LogP contribution is 2.48. The number of rotatable bonds is 5. The largest absolute Gasteiger partial charge is 0.490 e. The Morgan fingerprint density at radius 3 is 2.70 bits per heavy atom. The van der Waals surface area contributed by atoms with Gasteiger partial charge in [0.2, 0.25) is 5.91 Å². The number of hydrogen-bond acceptors (Lipinski definition) is 4. The van der Waals surface area contributed by atoms with E-state index in [1.54, 1.807) is 0 Å². The van der Waals surface area contributed by atoms with Gasteiger partial charge in [-0.05, 0) is 88.0 Å². The number of fused-ring (bicyclic) bond motifs is 1. The summed E-state index contributed by atoms with van der Waals surface area (Å²) in [5.41, 5.74) is 4.60. The maximum Gasteiger partial charge on any atom is 0.255 e. The van der Waals surface area contributed by atoms with E-state index in [4.69, 9.17) is 9.73 Å². The fourth-order valence-electron chi connectivity index (χ4n) is 6.81. The number of amides is 2. The van der Waals surface area contributed by atoms with Crippen LogP contribution in [0.2, 0.25) is 0 Å². The molecule has 3 aliphatic heterocycles. The first-order valence-electron chi connectivity index (χ1n) is 14.2. The summed E-state index contributed by atoms with van der Waals surface area (Å²) >= 11 is 0. The molecule has 194 valence electrons. The van der Waals surface area contributed by atoms with Crippen molar-refractivity contribution in [2.75, 3.05) is 19.6 Å². The highest BCUT2D eigenvalue weighted by molar-refractivity contribution is 6.11. The molecule has 3 heterocycles. The van der Waals surface area contributed by atoms with Gasteiger partial charge in [-0.25, -0.2) is 0 Å². The molecule has 0 radical (unpaired) electrons. The van der Waals surface area contributed by atoms with Crippen molar-refractivity contribution in [1.82, 2.24) is 9.80 Å². The summed E-state index contributed by atoms with van der Waals surface area (Å²) < 4.78 is 5.99. The summed E-state index contributed by atoms with van der Waals surface area (Å²) in [6.45, 7) is 8.72. The quantitative estimate of drug-likeness (QED) is 0.550. The summed E-state index contributed by atoms with van der Waals surface area (Å²) in [5.74, 6) is 3.58. The maximum absolute atomic E-state index is 13.5. The summed E-state index contributed by atoms with van der Waals surface area (Å²) in [7, 11) is 0. The summed E-state index contributed by atoms with van der Waals surface area (Å²) in [6.07, 6.45) is 17.1. The molecule has 6 nitrogen and oxygen atoms in total. The van der Waals surface area contributed by atoms with Gasteiger partial charge >= 0.3 is 0 Å². The van der Waals surface area contributed by atoms with Crippen LogP contribution in [0, 0.1) is 23.7 Å². The van der Waals surface area contributed by atoms with E-state index in [1.165, 1.54) is 22.3 Å². The molecule has 7 aliphatic rings. The van der Waals surface area contributed by atoms with E-state index in [0.29, 0.717) is 24.3 Å². The van der Waals surface area contributed by atoms with E-state index in [9.17, 15) is 9.59 Å². The zero-order valence-corrected chi connectivity index (χ0v) is 22.2. The van der Waals surface area contributed by atoms with Gasteiger partial charge in [0.1, 0.15) is 17.5 Å². The van der Waals surface area contributed by atoms with Gasteiger partial charge in [-0.3, -0.25) is 19.5 Å². The second-order valence-corrected chi connectivity index (χ2v) is 12.3. The molecule has 7 rings (SSSR count). The summed E-state index contributed by atoms with van der Waals surface area (Å²) in [5, 5.41) is 0. The van der Waals surface area contributed by atoms with E-state index in [0.717, 1.165) is 63.2 Å². The van der Waals surface area contributed by atoms with E-state index in [2.05, 4.69) is 51.2 Å². The van der Waals surface area contributed by atoms with E-state index < -0.39 is 5.54 Å². The predicted molar refractivity (Wildman–Crippen MR) is 142 cm³/mol. The molecule has 3 unspecified atom stereocenters. The molecule has 37 heavy (non-hydrogen) atoms. The topological polar surface area (TPSA) is 62.2 Å². The highest BCUT2D eigenvalue weighted by Gasteiger charge is 2.58. The van der Waals surface area contributed by atoms with Crippen LogP contribution >= 0.6 is 0 Å². The monoisotopic (exact) mass is 499 g/mol. The molecular weight excluding hydrogens is 462 g/mol. The van der Waals surface area contributed by atoms with Crippen LogP contribution in [-0.2, 0) is 14.3 Å². The zero-order chi connectivity index (χ0) is 25.5. The van der Waals surface area contributed by atoms with E-state index >= 15 is 0 Å². The van der Waals surface area contributed by atoms with Crippen molar-refractivity contribution in [1.29, 1.82) is 0 Å². The van der Waals surface area contributed by atoms with Crippen LogP contribution in [-0.4, -0.2) is 58.7 Å². The minimum atomic E-state index is -0.491. The lowest BCUT2D eigenvalue weighted by molar-refractivity contribution is -0.131. The average Bonchev–Trinajstić information content (AvgIpc) is 3.80. The van der Waals surface area contributed by atoms with Crippen molar-refractivity contribution in [2.24, 2.45) is 28.7 Å². The molecule has 0 aromatic rings. The van der Waals surface area contributed by atoms with Gasteiger partial charge in [-0.2, -0.15) is 0 Å². The fraction of sp³-hybridized carbons (Fsp3) is 0.581. The lowest BCUT2D eigenvalue weighted by Crippen LogP contribution is -2.43. The molecular formula is C31H37N3O3. The SMILES string of the molecule is CC1=CC(C2=CC3C(C)=C(C)OC3C=C2)=CCC1C1=NC2(CC2)C(=O)N1C[C@@H]1CCN(C(=O)C2CC2)C1. The van der Waals surface area contributed by atoms with Gasteiger partial charge in [0.15, 0.2) is 0 Å². The van der Waals surface area contributed by atoms with Crippen LogP contribution < -0.4 is 0 Å². The predicted octanol–water partition coefficient (Wildman–Crippen LogP) is 4.72. The minimum Gasteiger partial charge on any atom is -0.490 e. The first kappa shape index (κ1) is 23.2. The Morgan fingerprint density at radius 1 is 1.16 bits per heavy atom. The van der Waals surface area contributed by atoms with Crippen LogP contribution in [0.5, 0.6) is 0 Å². The number of hydrogen-bond donors (Lipinski definition) is 0. The van der Waals surface area contributed by atoms with Gasteiger partial charge < -0.3 is 9.64 Å². The Labute approximate surface area is 219 Å². The third-order valence-corrected chi connectivity index (χ3v) is 9.63. The standard InChI is InChI=1S/C31H37N3O3/c1-18-14-23(24-7-9-27-26(15-24)19(2)20(3)37-27)6-8-25(18)28-32-31(11-12-31)30(36)34(28)17-21-10-13-33(16-21)29(35)22-4-5-22/h6-7,9,14-15,21-22,25-27H,4-5,8,10-13,16-17H2,1-3H3/t21-,25?,26?,27?/m1/s1. The lowest BCUT2D eigenvalue weighted by Gasteiger charge is -2.30. The first-order chi connectivity index (χ1) is 17.8. The number of amidine groups is 1. The number of likely N-dealkylation sites (tertiary alicyclic amines) is 1. The van der Waals surface area contributed by atoms with Crippen LogP contribution in [0.25, 0.3) is 0 Å². The number of ether oxygens (including phenoxy) is 1. The van der Waals surface area contributed by atoms with Crippen molar-refractivity contribution in [3.8, 4) is 0 Å². The van der Waals surface area contributed by atoms with Crippen LogP contribution in [0.3, 0.4) is 0 Å². The van der Waals surface area contributed by atoms with Crippen molar-refractivity contribution < 1.29 is 14.3 Å². The van der Waals surface area contributed by atoms with Gasteiger partial charge in [0.25, 0.3) is 5.91 Å². The molecule has 4 atom stereocenters. The van der Waals surface area contributed by atoms with Gasteiger partial charge in [-0.15, -0.1) is 0 Å². The molecule has 2 amide bonds. The highest BCUT2D eigenvalue weighted by atomic mass is 16.5. The molecule has 0 aromatic heterocycles. The smallest absolute Gasteiger partial charge is 0.255 e. The van der Waals surface area contributed by atoms with Gasteiger partial charge in [-0.1, -0.05) is 29.9 Å². The van der Waals surface area contributed by atoms with E-state index in [1.807, 2.05) is 9.80 Å². The second kappa shape index (κ2) is 8.31. The molecule has 0 N–H and O–H groups in total. The summed E-state index contributed by atoms with van der Waals surface area (Å²) in [6, 6.07) is 0. The average molecular weight is 500 g/mol. The third-order valence-electron chi connectivity index (χ3n) is 9.63. The van der Waals surface area contributed by atoms with Crippen molar-refractivity contribution in [3.63, 3.8) is 0 Å². The number of carbonyl (C=O) groups is 2. The normalized spacial score (nSPS) is 33.9. The number of nitrogens with zero attached hydrogens (tertiary/aromatic N) is 3. The van der Waals surface area contributed by atoms with Crippen LogP contribution in [0.4, 0.5) is 0 Å². The molecule has 0 aromatic carbocycles. The lowest BCUT2D eigenvalue weighted by atomic mass is 9.82. The maximum atomic E-state index is 13.5. The molecule has 3 fully saturated rings. The number of allylic oxidation sites excluding steroid dienone is 6. The molecule has 1 spiro atoms. The molecule has 0 bridgehead atoms. The fourth-order valence-corrected chi connectivity index (χ4v) is 6.81. The van der Waals surface area contributed by atoms with Gasteiger partial charge in [0.05, 0.1) is 5.76 Å². The van der Waals surface area contributed by atoms with Crippen molar-refractivity contribution >= 4 is 17.6 Å². The minimum absolute atomic E-state index is 0.124. The Bertz CT molecular complexity index is 1260. The van der Waals surface area contributed by atoms with Crippen molar-refractivity contribution in [2.45, 2.75) is 70.9 Å². The molecule has 6 heteroatoms. The second-order valence-electron chi connectivity index (χ2n) is 12.3. The van der Waals surface area contributed by atoms with Crippen LogP contribution in [0.15, 0.2) is 63.4 Å². The first-order valence-corrected chi connectivity index (χ1v) is 14.2.